The van der Waals surface area contributed by atoms with Gasteiger partial charge in [-0.05, 0) is 133 Å². The molecule has 14 rings (SSSR count). The molecule has 0 saturated carbocycles. The summed E-state index contributed by atoms with van der Waals surface area (Å²) in [6, 6.07) is 75.1. The summed E-state index contributed by atoms with van der Waals surface area (Å²) < 4.78 is 2.50. The van der Waals surface area contributed by atoms with Gasteiger partial charge in [-0.15, -0.1) is 0 Å². The lowest BCUT2D eigenvalue weighted by atomic mass is 9.86. The van der Waals surface area contributed by atoms with Gasteiger partial charge in [-0.25, -0.2) is 0 Å². The van der Waals surface area contributed by atoms with Crippen molar-refractivity contribution < 1.29 is 0 Å². The van der Waals surface area contributed by atoms with Crippen molar-refractivity contribution in [2.45, 2.75) is 0 Å². The molecule has 59 heavy (non-hydrogen) atoms. The van der Waals surface area contributed by atoms with Gasteiger partial charge in [-0.3, -0.25) is 0 Å². The zero-order chi connectivity index (χ0) is 38.3. The molecule has 0 saturated heterocycles. The molecular weight excluding hydrogens is 711 g/mol. The lowest BCUT2D eigenvalue weighted by Gasteiger charge is -2.17. The first-order chi connectivity index (χ1) is 29.3. The standard InChI is InChI=1S/C58H33N/c1-2-7-34(8-3-1)41-13-6-14-42(33-41)59-51-31-29-45(43-23-19-39-17-15-35-9-4-11-37-21-25-47(43)55(39)53(35)37)49-27-28-50-46(30-32-52(59)58(50)57(49)51)44-24-20-40-18-16-36-10-5-12-38-22-26-48(44)56(40)54(36)38/h1-33H. The molecule has 0 aliphatic heterocycles. The lowest BCUT2D eigenvalue weighted by Crippen LogP contribution is -1.94. The van der Waals surface area contributed by atoms with Gasteiger partial charge in [0.15, 0.2) is 0 Å². The minimum Gasteiger partial charge on any atom is -0.309 e. The summed E-state index contributed by atoms with van der Waals surface area (Å²) in [6.07, 6.45) is 0. The quantitative estimate of drug-likeness (QED) is 0.158. The Hall–Kier alpha value is -7.74. The Morgan fingerprint density at radius 1 is 0.237 bits per heavy atom. The van der Waals surface area contributed by atoms with Crippen molar-refractivity contribution in [2.75, 3.05) is 0 Å². The van der Waals surface area contributed by atoms with E-state index in [1.165, 1.54) is 131 Å². The van der Waals surface area contributed by atoms with Crippen LogP contribution < -0.4 is 0 Å². The smallest absolute Gasteiger partial charge is 0.0547 e. The molecule has 1 heteroatoms. The summed E-state index contributed by atoms with van der Waals surface area (Å²) >= 11 is 0. The van der Waals surface area contributed by atoms with Crippen LogP contribution in [0.3, 0.4) is 0 Å². The van der Waals surface area contributed by atoms with E-state index in [0.29, 0.717) is 0 Å². The van der Waals surface area contributed by atoms with Crippen LogP contribution in [0.1, 0.15) is 0 Å². The topological polar surface area (TPSA) is 4.93 Å². The minimum atomic E-state index is 1.16. The highest BCUT2D eigenvalue weighted by Gasteiger charge is 2.23. The molecule has 0 N–H and O–H groups in total. The highest BCUT2D eigenvalue weighted by molar-refractivity contribution is 6.32. The normalized spacial score (nSPS) is 12.4. The summed E-state index contributed by atoms with van der Waals surface area (Å²) in [6.45, 7) is 0. The summed E-state index contributed by atoms with van der Waals surface area (Å²) in [4.78, 5) is 0. The maximum absolute atomic E-state index is 2.50. The predicted octanol–water partition coefficient (Wildman–Crippen LogP) is 16.2. The van der Waals surface area contributed by atoms with Crippen LogP contribution in [0.5, 0.6) is 0 Å². The van der Waals surface area contributed by atoms with Crippen LogP contribution in [-0.4, -0.2) is 4.57 Å². The van der Waals surface area contributed by atoms with Crippen molar-refractivity contribution in [1.29, 1.82) is 0 Å². The van der Waals surface area contributed by atoms with Crippen molar-refractivity contribution in [1.82, 2.24) is 4.57 Å². The van der Waals surface area contributed by atoms with E-state index in [4.69, 9.17) is 0 Å². The van der Waals surface area contributed by atoms with Gasteiger partial charge in [0.25, 0.3) is 0 Å². The predicted molar refractivity (Wildman–Crippen MR) is 253 cm³/mol. The number of nitrogens with zero attached hydrogens (tertiary/aromatic N) is 1. The van der Waals surface area contributed by atoms with Crippen molar-refractivity contribution in [2.24, 2.45) is 0 Å². The summed E-state index contributed by atoms with van der Waals surface area (Å²) in [5.74, 6) is 0. The van der Waals surface area contributed by atoms with Crippen LogP contribution in [0, 0.1) is 0 Å². The Morgan fingerprint density at radius 3 is 1.12 bits per heavy atom. The number of rotatable bonds is 4. The van der Waals surface area contributed by atoms with E-state index in [2.05, 4.69) is 205 Å². The molecule has 0 atom stereocenters. The van der Waals surface area contributed by atoms with Gasteiger partial charge in [-0.2, -0.15) is 0 Å². The van der Waals surface area contributed by atoms with E-state index >= 15 is 0 Å². The molecule has 1 nitrogen and oxygen atoms in total. The molecule has 0 radical (unpaired) electrons. The number of hydrogen-bond acceptors (Lipinski definition) is 0. The van der Waals surface area contributed by atoms with E-state index in [1.807, 2.05) is 0 Å². The van der Waals surface area contributed by atoms with Gasteiger partial charge >= 0.3 is 0 Å². The number of hydrogen-bond donors (Lipinski definition) is 0. The summed E-state index contributed by atoms with van der Waals surface area (Å²) in [7, 11) is 0. The van der Waals surface area contributed by atoms with Crippen molar-refractivity contribution in [3.8, 4) is 39.1 Å². The maximum atomic E-state index is 2.50. The van der Waals surface area contributed by atoms with Gasteiger partial charge in [0.05, 0.1) is 11.0 Å². The fourth-order valence-electron chi connectivity index (χ4n) is 10.9. The molecule has 0 spiro atoms. The Kier molecular flexibility index (Phi) is 6.08. The van der Waals surface area contributed by atoms with Gasteiger partial charge < -0.3 is 4.57 Å². The minimum absolute atomic E-state index is 1.16. The Balaban J connectivity index is 1.08. The second kappa shape index (κ2) is 11.4. The SMILES string of the molecule is c1ccc(-c2cccc(-n3c4ccc(-c5ccc6ccc7cccc8ccc5c6c78)c5ccc6c(-c7ccc8ccc9cccc%10ccc7c8c9%10)ccc3c6c54)c2)cc1. The van der Waals surface area contributed by atoms with Crippen LogP contribution >= 0.6 is 0 Å². The van der Waals surface area contributed by atoms with Crippen molar-refractivity contribution >= 4 is 97.2 Å². The zero-order valence-corrected chi connectivity index (χ0v) is 32.0. The van der Waals surface area contributed by atoms with E-state index in [1.54, 1.807) is 0 Å². The Morgan fingerprint density at radius 2 is 0.610 bits per heavy atom. The maximum Gasteiger partial charge on any atom is 0.0547 e. The molecule has 1 heterocycles. The Labute approximate surface area is 339 Å². The van der Waals surface area contributed by atoms with Crippen LogP contribution in [-0.2, 0) is 0 Å². The summed E-state index contributed by atoms with van der Waals surface area (Å²) in [5, 5.41) is 20.9. The molecule has 13 aromatic carbocycles. The molecule has 0 aliphatic carbocycles. The van der Waals surface area contributed by atoms with Gasteiger partial charge in [0.2, 0.25) is 0 Å². The highest BCUT2D eigenvalue weighted by Crippen LogP contribution is 2.49. The number of benzene rings is 13. The average Bonchev–Trinajstić information content (AvgIpc) is 3.65. The second-order valence-electron chi connectivity index (χ2n) is 16.4. The molecule has 0 fully saturated rings. The van der Waals surface area contributed by atoms with Gasteiger partial charge in [0, 0.05) is 16.5 Å². The number of aromatic nitrogens is 1. The molecule has 0 amide bonds. The first kappa shape index (κ1) is 31.4. The van der Waals surface area contributed by atoms with Gasteiger partial charge in [0.1, 0.15) is 0 Å². The first-order valence-corrected chi connectivity index (χ1v) is 20.6. The Bertz CT molecular complexity index is 3750. The molecule has 0 bridgehead atoms. The molecule has 0 unspecified atom stereocenters. The van der Waals surface area contributed by atoms with Crippen LogP contribution in [0.4, 0.5) is 0 Å². The fourth-order valence-corrected chi connectivity index (χ4v) is 10.9. The highest BCUT2D eigenvalue weighted by atomic mass is 15.0. The van der Waals surface area contributed by atoms with E-state index in [-0.39, 0.29) is 0 Å². The first-order valence-electron chi connectivity index (χ1n) is 20.6. The summed E-state index contributed by atoms with van der Waals surface area (Å²) in [5.41, 5.74) is 11.1. The van der Waals surface area contributed by atoms with Crippen molar-refractivity contribution in [3.63, 3.8) is 0 Å². The molecule has 270 valence electrons. The van der Waals surface area contributed by atoms with Crippen molar-refractivity contribution in [3.05, 3.63) is 200 Å². The lowest BCUT2D eigenvalue weighted by molar-refractivity contribution is 1.18. The van der Waals surface area contributed by atoms with Crippen LogP contribution in [0.15, 0.2) is 200 Å². The monoisotopic (exact) mass is 743 g/mol. The third kappa shape index (κ3) is 4.18. The second-order valence-corrected chi connectivity index (χ2v) is 16.4. The van der Waals surface area contributed by atoms with E-state index in [9.17, 15) is 0 Å². The van der Waals surface area contributed by atoms with E-state index in [0.717, 1.165) is 5.69 Å². The van der Waals surface area contributed by atoms with Crippen LogP contribution in [0.25, 0.3) is 136 Å². The van der Waals surface area contributed by atoms with E-state index < -0.39 is 0 Å². The van der Waals surface area contributed by atoms with Gasteiger partial charge in [-0.1, -0.05) is 176 Å². The largest absolute Gasteiger partial charge is 0.309 e. The average molecular weight is 744 g/mol. The third-order valence-corrected chi connectivity index (χ3v) is 13.4. The zero-order valence-electron chi connectivity index (χ0n) is 32.0. The molecule has 0 aliphatic rings. The molecule has 14 aromatic rings. The third-order valence-electron chi connectivity index (χ3n) is 13.4. The molecule has 1 aromatic heterocycles. The molecular formula is C58H33N. The fraction of sp³-hybridized carbons (Fsp3) is 0. The van der Waals surface area contributed by atoms with Crippen LogP contribution in [0.2, 0.25) is 0 Å².